The maximum absolute atomic E-state index is 13.2. The number of piperidine rings is 1. The minimum absolute atomic E-state index is 0.166. The topological polar surface area (TPSA) is 94.7 Å². The maximum Gasteiger partial charge on any atom is 0.323 e. The summed E-state index contributed by atoms with van der Waals surface area (Å²) in [6, 6.07) is 5.42. The fourth-order valence-corrected chi connectivity index (χ4v) is 5.34. The van der Waals surface area contributed by atoms with E-state index in [9.17, 15) is 9.90 Å². The van der Waals surface area contributed by atoms with E-state index in [1.807, 2.05) is 15.9 Å². The second-order valence-electron chi connectivity index (χ2n) is 8.59. The van der Waals surface area contributed by atoms with Gasteiger partial charge in [0.25, 0.3) is 0 Å². The molecule has 9 heteroatoms. The Morgan fingerprint density at radius 2 is 2.14 bits per heavy atom. The number of hydrogen-bond acceptors (Lipinski definition) is 6. The Balaban J connectivity index is 1.39. The number of carbonyl (C=O) groups is 1. The van der Waals surface area contributed by atoms with E-state index in [2.05, 4.69) is 22.4 Å². The van der Waals surface area contributed by atoms with Gasteiger partial charge in [0.2, 0.25) is 11.8 Å². The quantitative estimate of drug-likeness (QED) is 0.796. The third-order valence-electron chi connectivity index (χ3n) is 6.30. The van der Waals surface area contributed by atoms with Gasteiger partial charge in [0.15, 0.2) is 0 Å². The van der Waals surface area contributed by atoms with Crippen molar-refractivity contribution in [2.75, 3.05) is 23.3 Å². The minimum Gasteiger partial charge on any atom is -0.423 e. The van der Waals surface area contributed by atoms with Gasteiger partial charge in [-0.2, -0.15) is 0 Å². The van der Waals surface area contributed by atoms with Gasteiger partial charge >= 0.3 is 6.03 Å². The lowest BCUT2D eigenvalue weighted by molar-refractivity contribution is -0.110. The summed E-state index contributed by atoms with van der Waals surface area (Å²) in [5, 5.41) is 21.4. The number of halogens is 1. The van der Waals surface area contributed by atoms with Crippen LogP contribution in [0.15, 0.2) is 22.6 Å². The monoisotopic (exact) mass is 417 g/mol. The zero-order valence-corrected chi connectivity index (χ0v) is 17.2. The van der Waals surface area contributed by atoms with E-state index in [0.29, 0.717) is 41.5 Å². The lowest BCUT2D eigenvalue weighted by atomic mass is 9.64. The molecule has 3 aliphatic rings. The molecule has 3 fully saturated rings. The van der Waals surface area contributed by atoms with Crippen LogP contribution in [-0.4, -0.2) is 51.5 Å². The average molecular weight is 418 g/mol. The molecule has 2 N–H and O–H groups in total. The number of rotatable bonds is 3. The van der Waals surface area contributed by atoms with Crippen molar-refractivity contribution >= 4 is 29.0 Å². The Hall–Kier alpha value is -2.32. The molecule has 1 saturated carbocycles. The van der Waals surface area contributed by atoms with Crippen LogP contribution in [0.1, 0.15) is 38.0 Å². The van der Waals surface area contributed by atoms with E-state index in [1.165, 1.54) is 0 Å². The summed E-state index contributed by atoms with van der Waals surface area (Å²) in [4.78, 5) is 17.1. The Morgan fingerprint density at radius 3 is 2.83 bits per heavy atom. The maximum atomic E-state index is 13.2. The molecule has 2 aliphatic heterocycles. The van der Waals surface area contributed by atoms with Crippen LogP contribution in [0.4, 0.5) is 16.2 Å². The largest absolute Gasteiger partial charge is 0.423 e. The Morgan fingerprint density at radius 1 is 1.34 bits per heavy atom. The molecule has 1 aromatic carbocycles. The second kappa shape index (κ2) is 6.60. The first kappa shape index (κ1) is 18.7. The Labute approximate surface area is 173 Å². The van der Waals surface area contributed by atoms with Crippen molar-refractivity contribution in [2.45, 2.75) is 50.8 Å². The molecule has 1 aliphatic carbocycles. The number of nitrogens with zero attached hydrogens (tertiary/aromatic N) is 4. The lowest BCUT2D eigenvalue weighted by Gasteiger charge is -2.61. The van der Waals surface area contributed by atoms with Gasteiger partial charge in [-0.05, 0) is 37.0 Å². The second-order valence-corrected chi connectivity index (χ2v) is 8.99. The molecule has 5 rings (SSSR count). The first-order valence-electron chi connectivity index (χ1n) is 9.99. The molecule has 8 nitrogen and oxygen atoms in total. The van der Waals surface area contributed by atoms with E-state index < -0.39 is 5.54 Å². The minimum atomic E-state index is -0.523. The Kier molecular flexibility index (Phi) is 4.25. The number of aliphatic hydroxyl groups is 1. The van der Waals surface area contributed by atoms with Gasteiger partial charge in [-0.3, -0.25) is 0 Å². The van der Waals surface area contributed by atoms with E-state index in [1.54, 1.807) is 19.1 Å². The summed E-state index contributed by atoms with van der Waals surface area (Å²) in [7, 11) is 0. The number of carbonyl (C=O) groups excluding carboxylic acids is 1. The number of amides is 2. The van der Waals surface area contributed by atoms with Crippen molar-refractivity contribution in [3.8, 4) is 0 Å². The molecule has 3 heterocycles. The molecule has 0 spiro atoms. The third-order valence-corrected chi connectivity index (χ3v) is 6.62. The van der Waals surface area contributed by atoms with Crippen LogP contribution in [-0.2, 0) is 5.54 Å². The number of β-amino-alcohol motifs (C(OH)–C–C–N with tert-alkyl or cyclic N) is 1. The number of fused-ring (bicyclic) bond motifs is 2. The molecule has 29 heavy (non-hydrogen) atoms. The number of aromatic nitrogens is 2. The van der Waals surface area contributed by atoms with Gasteiger partial charge in [0, 0.05) is 38.2 Å². The number of urea groups is 1. The highest BCUT2D eigenvalue weighted by atomic mass is 35.5. The molecule has 2 aromatic rings. The van der Waals surface area contributed by atoms with Crippen LogP contribution < -0.4 is 10.2 Å². The highest BCUT2D eigenvalue weighted by Crippen LogP contribution is 2.55. The van der Waals surface area contributed by atoms with Gasteiger partial charge in [0.05, 0.1) is 16.8 Å². The number of nitrogens with one attached hydrogen (secondary N) is 1. The van der Waals surface area contributed by atoms with Crippen LogP contribution in [0.2, 0.25) is 5.02 Å². The van der Waals surface area contributed by atoms with Gasteiger partial charge in [0.1, 0.15) is 5.54 Å². The number of aliphatic hydroxyl groups excluding tert-OH is 1. The predicted molar refractivity (Wildman–Crippen MR) is 108 cm³/mol. The molecule has 3 atom stereocenters. The summed E-state index contributed by atoms with van der Waals surface area (Å²) in [5.74, 6) is 1.53. The molecule has 0 radical (unpaired) electrons. The molecule has 3 unspecified atom stereocenters. The van der Waals surface area contributed by atoms with E-state index in [-0.39, 0.29) is 18.2 Å². The predicted octanol–water partition coefficient (Wildman–Crippen LogP) is 3.14. The van der Waals surface area contributed by atoms with Gasteiger partial charge in [-0.1, -0.05) is 18.5 Å². The molecular weight excluding hydrogens is 394 g/mol. The normalized spacial score (nSPS) is 28.7. The van der Waals surface area contributed by atoms with Crippen LogP contribution in [0.3, 0.4) is 0 Å². The van der Waals surface area contributed by atoms with Gasteiger partial charge < -0.3 is 24.6 Å². The zero-order valence-electron chi connectivity index (χ0n) is 16.4. The van der Waals surface area contributed by atoms with Crippen molar-refractivity contribution < 1.29 is 14.3 Å². The van der Waals surface area contributed by atoms with Crippen molar-refractivity contribution in [1.29, 1.82) is 0 Å². The summed E-state index contributed by atoms with van der Waals surface area (Å²) in [6.07, 6.45) is 2.31. The van der Waals surface area contributed by atoms with E-state index in [0.717, 1.165) is 24.9 Å². The number of likely N-dealkylation sites (tertiary alicyclic amines) is 1. The molecule has 2 saturated heterocycles. The van der Waals surface area contributed by atoms with Crippen LogP contribution in [0.5, 0.6) is 0 Å². The first-order valence-corrected chi connectivity index (χ1v) is 10.4. The zero-order chi connectivity index (χ0) is 20.3. The number of hydrogen-bond donors (Lipinski definition) is 2. The highest BCUT2D eigenvalue weighted by Gasteiger charge is 2.62. The summed E-state index contributed by atoms with van der Waals surface area (Å²) in [6.45, 7) is 5.06. The van der Waals surface area contributed by atoms with Gasteiger partial charge in [-0.15, -0.1) is 10.2 Å². The third kappa shape index (κ3) is 2.97. The number of benzene rings is 1. The molecule has 2 bridgehead atoms. The summed E-state index contributed by atoms with van der Waals surface area (Å²) < 4.78 is 5.75. The SMILES string of the molecule is Cc1nnc(C23CC(C)CC(C2)N3C(=O)Nc2ccc(Cl)c(N3CC(O)C3)c2)o1. The summed E-state index contributed by atoms with van der Waals surface area (Å²) >= 11 is 6.31. The Bertz CT molecular complexity index is 959. The lowest BCUT2D eigenvalue weighted by Crippen LogP contribution is -2.70. The smallest absolute Gasteiger partial charge is 0.323 e. The molecule has 154 valence electrons. The van der Waals surface area contributed by atoms with Crippen LogP contribution in [0, 0.1) is 12.8 Å². The number of anilines is 2. The van der Waals surface area contributed by atoms with Crippen LogP contribution >= 0.6 is 11.6 Å². The first-order chi connectivity index (χ1) is 13.9. The highest BCUT2D eigenvalue weighted by molar-refractivity contribution is 6.33. The summed E-state index contributed by atoms with van der Waals surface area (Å²) in [5.41, 5.74) is 0.963. The van der Waals surface area contributed by atoms with Crippen molar-refractivity contribution in [3.05, 3.63) is 35.0 Å². The fourth-order valence-electron chi connectivity index (χ4n) is 5.10. The van der Waals surface area contributed by atoms with Gasteiger partial charge in [-0.25, -0.2) is 4.79 Å². The fraction of sp³-hybridized carbons (Fsp3) is 0.550. The van der Waals surface area contributed by atoms with Crippen molar-refractivity contribution in [2.24, 2.45) is 5.92 Å². The van der Waals surface area contributed by atoms with Crippen molar-refractivity contribution in [3.63, 3.8) is 0 Å². The standard InChI is InChI=1S/C20H24ClN5O3/c1-11-5-14-8-20(7-11,18-24-23-12(2)29-18)26(14)19(28)22-13-3-4-16(21)17(6-13)25-9-15(27)10-25/h3-4,6,11,14-15,27H,5,7-10H2,1-2H3,(H,22,28). The van der Waals surface area contributed by atoms with Crippen LogP contribution in [0.25, 0.3) is 0 Å². The number of aryl methyl sites for hydroxylation is 1. The average Bonchev–Trinajstić information content (AvgIpc) is 3.07. The van der Waals surface area contributed by atoms with E-state index in [4.69, 9.17) is 16.0 Å². The molecular formula is C20H24ClN5O3. The van der Waals surface area contributed by atoms with Crippen molar-refractivity contribution in [1.82, 2.24) is 15.1 Å². The molecule has 2 amide bonds. The van der Waals surface area contributed by atoms with E-state index >= 15 is 0 Å². The molecule has 1 aromatic heterocycles.